The molecule has 2 atom stereocenters. The van der Waals surface area contributed by atoms with Crippen molar-refractivity contribution in [2.24, 2.45) is 5.92 Å². The van der Waals surface area contributed by atoms with E-state index in [1.54, 1.807) is 6.92 Å². The minimum absolute atomic E-state index is 0.155. The van der Waals surface area contributed by atoms with Crippen LogP contribution < -0.4 is 10.1 Å². The first-order chi connectivity index (χ1) is 8.52. The fourth-order valence-corrected chi connectivity index (χ4v) is 2.03. The lowest BCUT2D eigenvalue weighted by atomic mass is 9.89. The Labute approximate surface area is 107 Å². The summed E-state index contributed by atoms with van der Waals surface area (Å²) in [6.45, 7) is 5.72. The van der Waals surface area contributed by atoms with E-state index < -0.39 is 6.10 Å². The highest BCUT2D eigenvalue weighted by Crippen LogP contribution is 2.34. The molecule has 18 heavy (non-hydrogen) atoms. The number of fused-ring (bicyclic) bond motifs is 1. The molecule has 0 aromatic heterocycles. The molecule has 1 heterocycles. The lowest BCUT2D eigenvalue weighted by Gasteiger charge is -2.24. The van der Waals surface area contributed by atoms with Gasteiger partial charge in [-0.1, -0.05) is 19.9 Å². The normalized spacial score (nSPS) is 19.5. The Balaban J connectivity index is 2.36. The van der Waals surface area contributed by atoms with Gasteiger partial charge in [0.15, 0.2) is 6.10 Å². The molecule has 1 amide bonds. The van der Waals surface area contributed by atoms with Gasteiger partial charge in [-0.2, -0.15) is 5.26 Å². The molecule has 0 saturated carbocycles. The summed E-state index contributed by atoms with van der Waals surface area (Å²) in [6, 6.07) is 7.82. The van der Waals surface area contributed by atoms with Gasteiger partial charge in [-0.05, 0) is 30.5 Å². The summed E-state index contributed by atoms with van der Waals surface area (Å²) in [5.74, 6) is 0.558. The van der Waals surface area contributed by atoms with Crippen LogP contribution in [0, 0.1) is 17.2 Å². The average Bonchev–Trinajstić information content (AvgIpc) is 2.31. The first kappa shape index (κ1) is 12.4. The van der Waals surface area contributed by atoms with E-state index in [9.17, 15) is 10.1 Å². The molecule has 1 aromatic rings. The number of nitrogens with zero attached hydrogens (tertiary/aromatic N) is 1. The summed E-state index contributed by atoms with van der Waals surface area (Å²) in [5.41, 5.74) is 1.56. The minimum Gasteiger partial charge on any atom is -0.479 e. The third-order valence-corrected chi connectivity index (χ3v) is 3.10. The molecule has 1 aromatic carbocycles. The number of hydrogen-bond donors (Lipinski definition) is 1. The predicted molar refractivity (Wildman–Crippen MR) is 68.4 cm³/mol. The molecule has 0 bridgehead atoms. The lowest BCUT2D eigenvalue weighted by Crippen LogP contribution is -2.34. The molecule has 1 aliphatic rings. The Morgan fingerprint density at radius 1 is 1.44 bits per heavy atom. The van der Waals surface area contributed by atoms with Gasteiger partial charge in [0, 0.05) is 0 Å². The van der Waals surface area contributed by atoms with E-state index in [0.29, 0.717) is 11.4 Å². The van der Waals surface area contributed by atoms with Crippen LogP contribution in [0.15, 0.2) is 18.2 Å². The van der Waals surface area contributed by atoms with Crippen LogP contribution in [0.5, 0.6) is 5.75 Å². The van der Waals surface area contributed by atoms with Gasteiger partial charge >= 0.3 is 0 Å². The van der Waals surface area contributed by atoms with Crippen LogP contribution in [0.4, 0.5) is 5.69 Å². The monoisotopic (exact) mass is 244 g/mol. The van der Waals surface area contributed by atoms with Crippen LogP contribution in [0.1, 0.15) is 32.3 Å². The summed E-state index contributed by atoms with van der Waals surface area (Å²) in [6.07, 6.45) is -0.472. The maximum absolute atomic E-state index is 11.5. The smallest absolute Gasteiger partial charge is 0.265 e. The van der Waals surface area contributed by atoms with Crippen molar-refractivity contribution < 1.29 is 9.53 Å². The summed E-state index contributed by atoms with van der Waals surface area (Å²) in [4.78, 5) is 11.5. The van der Waals surface area contributed by atoms with E-state index in [1.165, 1.54) is 0 Å². The largest absolute Gasteiger partial charge is 0.479 e. The molecule has 0 saturated heterocycles. The molecule has 1 N–H and O–H groups in total. The van der Waals surface area contributed by atoms with Crippen molar-refractivity contribution >= 4 is 11.6 Å². The Bertz CT molecular complexity index is 517. The number of anilines is 1. The number of nitriles is 1. The highest BCUT2D eigenvalue weighted by atomic mass is 16.5. The van der Waals surface area contributed by atoms with Crippen molar-refractivity contribution in [3.05, 3.63) is 23.8 Å². The third-order valence-electron chi connectivity index (χ3n) is 3.10. The lowest BCUT2D eigenvalue weighted by molar-refractivity contribution is -0.122. The third kappa shape index (κ3) is 2.17. The molecule has 1 aliphatic heterocycles. The van der Waals surface area contributed by atoms with Gasteiger partial charge in [0.25, 0.3) is 5.91 Å². The van der Waals surface area contributed by atoms with Crippen LogP contribution in [-0.4, -0.2) is 12.0 Å². The molecular weight excluding hydrogens is 228 g/mol. The average molecular weight is 244 g/mol. The Morgan fingerprint density at radius 2 is 2.17 bits per heavy atom. The van der Waals surface area contributed by atoms with E-state index in [1.807, 2.05) is 32.0 Å². The van der Waals surface area contributed by atoms with Crippen molar-refractivity contribution in [2.75, 3.05) is 5.32 Å². The number of benzene rings is 1. The highest BCUT2D eigenvalue weighted by Gasteiger charge is 2.25. The van der Waals surface area contributed by atoms with Gasteiger partial charge in [-0.3, -0.25) is 4.79 Å². The van der Waals surface area contributed by atoms with Crippen LogP contribution in [0.3, 0.4) is 0 Å². The van der Waals surface area contributed by atoms with Gasteiger partial charge in [-0.15, -0.1) is 0 Å². The van der Waals surface area contributed by atoms with Crippen molar-refractivity contribution in [1.82, 2.24) is 0 Å². The number of carbonyl (C=O) groups excluding carboxylic acids is 1. The van der Waals surface area contributed by atoms with Crippen LogP contribution in [-0.2, 0) is 4.79 Å². The van der Waals surface area contributed by atoms with Gasteiger partial charge in [0.05, 0.1) is 17.7 Å². The second kappa shape index (κ2) is 4.69. The van der Waals surface area contributed by atoms with E-state index in [0.717, 1.165) is 5.56 Å². The second-order valence-corrected chi connectivity index (χ2v) is 4.86. The van der Waals surface area contributed by atoms with E-state index in [2.05, 4.69) is 11.4 Å². The summed E-state index contributed by atoms with van der Waals surface area (Å²) in [7, 11) is 0. The molecule has 2 unspecified atom stereocenters. The molecule has 0 spiro atoms. The minimum atomic E-state index is -0.472. The molecule has 0 aliphatic carbocycles. The molecule has 4 nitrogen and oxygen atoms in total. The summed E-state index contributed by atoms with van der Waals surface area (Å²) < 4.78 is 5.48. The SMILES string of the molecule is CC1Oc2ccc(C(C#N)C(C)C)cc2NC1=O. The molecule has 94 valence electrons. The quantitative estimate of drug-likeness (QED) is 0.870. The zero-order valence-corrected chi connectivity index (χ0v) is 10.7. The van der Waals surface area contributed by atoms with E-state index in [-0.39, 0.29) is 17.7 Å². The predicted octanol–water partition coefficient (Wildman–Crippen LogP) is 2.67. The number of hydrogen-bond acceptors (Lipinski definition) is 3. The summed E-state index contributed by atoms with van der Waals surface area (Å²) >= 11 is 0. The van der Waals surface area contributed by atoms with Gasteiger partial charge in [-0.25, -0.2) is 0 Å². The number of carbonyl (C=O) groups is 1. The zero-order chi connectivity index (χ0) is 13.3. The Hall–Kier alpha value is -2.02. The highest BCUT2D eigenvalue weighted by molar-refractivity contribution is 5.97. The maximum Gasteiger partial charge on any atom is 0.265 e. The topological polar surface area (TPSA) is 62.1 Å². The van der Waals surface area contributed by atoms with E-state index in [4.69, 9.17) is 4.74 Å². The number of rotatable bonds is 2. The fourth-order valence-electron chi connectivity index (χ4n) is 2.03. The maximum atomic E-state index is 11.5. The molecular formula is C14H16N2O2. The zero-order valence-electron chi connectivity index (χ0n) is 10.7. The van der Waals surface area contributed by atoms with Gasteiger partial charge < -0.3 is 10.1 Å². The Morgan fingerprint density at radius 3 is 2.78 bits per heavy atom. The summed E-state index contributed by atoms with van der Waals surface area (Å²) in [5, 5.41) is 12.0. The number of ether oxygens (including phenoxy) is 1. The standard InChI is InChI=1S/C14H16N2O2/c1-8(2)11(7-15)10-4-5-13-12(6-10)16-14(17)9(3)18-13/h4-6,8-9,11H,1-3H3,(H,16,17). The first-order valence-electron chi connectivity index (χ1n) is 6.04. The number of amides is 1. The van der Waals surface area contributed by atoms with Crippen molar-refractivity contribution in [3.8, 4) is 11.8 Å². The van der Waals surface area contributed by atoms with E-state index >= 15 is 0 Å². The molecule has 2 rings (SSSR count). The van der Waals surface area contributed by atoms with Crippen LogP contribution >= 0.6 is 0 Å². The van der Waals surface area contributed by atoms with Crippen molar-refractivity contribution in [1.29, 1.82) is 5.26 Å². The van der Waals surface area contributed by atoms with Crippen molar-refractivity contribution in [2.45, 2.75) is 32.8 Å². The van der Waals surface area contributed by atoms with Gasteiger partial charge in [0.1, 0.15) is 5.75 Å². The van der Waals surface area contributed by atoms with Crippen LogP contribution in [0.25, 0.3) is 0 Å². The fraction of sp³-hybridized carbons (Fsp3) is 0.429. The van der Waals surface area contributed by atoms with Gasteiger partial charge in [0.2, 0.25) is 0 Å². The first-order valence-corrected chi connectivity index (χ1v) is 6.04. The van der Waals surface area contributed by atoms with Crippen molar-refractivity contribution in [3.63, 3.8) is 0 Å². The molecule has 4 heteroatoms. The second-order valence-electron chi connectivity index (χ2n) is 4.86. The number of nitrogens with one attached hydrogen (secondary N) is 1. The molecule has 0 fully saturated rings. The Kier molecular flexibility index (Phi) is 3.24. The molecule has 0 radical (unpaired) electrons. The van der Waals surface area contributed by atoms with Crippen LogP contribution in [0.2, 0.25) is 0 Å².